The van der Waals surface area contributed by atoms with E-state index >= 15 is 0 Å². The summed E-state index contributed by atoms with van der Waals surface area (Å²) in [4.78, 5) is 12.1. The van der Waals surface area contributed by atoms with Gasteiger partial charge in [-0.15, -0.1) is 0 Å². The molecule has 0 aromatic heterocycles. The van der Waals surface area contributed by atoms with Crippen LogP contribution in [-0.2, 0) is 17.5 Å². The maximum absolute atomic E-state index is 12.7. The second-order valence-electron chi connectivity index (χ2n) is 5.21. The van der Waals surface area contributed by atoms with Crippen molar-refractivity contribution >= 4 is 27.5 Å². The van der Waals surface area contributed by atoms with Crippen LogP contribution in [0.5, 0.6) is 0 Å². The van der Waals surface area contributed by atoms with E-state index in [1.807, 2.05) is 24.3 Å². The van der Waals surface area contributed by atoms with Gasteiger partial charge in [0.25, 0.3) is 5.91 Å². The number of hydrogen-bond donors (Lipinski definition) is 2. The Kier molecular flexibility index (Phi) is 6.41. The summed E-state index contributed by atoms with van der Waals surface area (Å²) in [6.45, 7) is 0.384. The van der Waals surface area contributed by atoms with Crippen molar-refractivity contribution < 1.29 is 18.0 Å². The van der Waals surface area contributed by atoms with Crippen molar-refractivity contribution in [2.75, 3.05) is 5.32 Å². The lowest BCUT2D eigenvalue weighted by molar-refractivity contribution is -0.137. The van der Waals surface area contributed by atoms with Gasteiger partial charge in [-0.2, -0.15) is 18.4 Å². The van der Waals surface area contributed by atoms with Crippen molar-refractivity contribution in [1.29, 1.82) is 5.26 Å². The number of benzene rings is 2. The number of amides is 1. The number of anilines is 1. The molecule has 134 valence electrons. The molecular weight excluding hydrogens is 411 g/mol. The number of hydrogen-bond acceptors (Lipinski definition) is 3. The predicted molar refractivity (Wildman–Crippen MR) is 94.8 cm³/mol. The lowest BCUT2D eigenvalue weighted by Gasteiger charge is -2.09. The average Bonchev–Trinajstić information content (AvgIpc) is 2.59. The largest absolute Gasteiger partial charge is 0.416 e. The SMILES string of the molecule is N#C/C(=C/NCc1ccc(Br)cc1)C(=O)Nc1cccc(C(F)(F)F)c1. The van der Waals surface area contributed by atoms with Crippen molar-refractivity contribution in [2.45, 2.75) is 12.7 Å². The Balaban J connectivity index is 2.02. The van der Waals surface area contributed by atoms with E-state index in [0.717, 1.165) is 22.2 Å². The molecule has 0 saturated heterocycles. The first-order valence-electron chi connectivity index (χ1n) is 7.36. The second-order valence-corrected chi connectivity index (χ2v) is 6.13. The highest BCUT2D eigenvalue weighted by Gasteiger charge is 2.30. The number of carbonyl (C=O) groups is 1. The smallest absolute Gasteiger partial charge is 0.386 e. The molecule has 1 amide bonds. The molecule has 4 nitrogen and oxygen atoms in total. The zero-order valence-electron chi connectivity index (χ0n) is 13.3. The van der Waals surface area contributed by atoms with Crippen LogP contribution in [-0.4, -0.2) is 5.91 Å². The molecule has 8 heteroatoms. The molecule has 0 aliphatic rings. The van der Waals surface area contributed by atoms with Crippen LogP contribution in [0.4, 0.5) is 18.9 Å². The number of nitrogens with zero attached hydrogens (tertiary/aromatic N) is 1. The Labute approximate surface area is 156 Å². The molecule has 0 unspecified atom stereocenters. The summed E-state index contributed by atoms with van der Waals surface area (Å²) in [5, 5.41) is 14.2. The van der Waals surface area contributed by atoms with Crippen molar-refractivity contribution in [3.05, 3.63) is 75.9 Å². The molecule has 0 radical (unpaired) electrons. The lowest BCUT2D eigenvalue weighted by atomic mass is 10.2. The van der Waals surface area contributed by atoms with E-state index in [-0.39, 0.29) is 11.3 Å². The minimum atomic E-state index is -4.51. The maximum atomic E-state index is 12.7. The van der Waals surface area contributed by atoms with E-state index in [2.05, 4.69) is 26.6 Å². The van der Waals surface area contributed by atoms with E-state index < -0.39 is 17.6 Å². The van der Waals surface area contributed by atoms with Crippen LogP contribution in [0, 0.1) is 11.3 Å². The van der Waals surface area contributed by atoms with Crippen molar-refractivity contribution in [1.82, 2.24) is 5.32 Å². The summed E-state index contributed by atoms with van der Waals surface area (Å²) in [5.41, 5.74) is -0.246. The minimum Gasteiger partial charge on any atom is -0.386 e. The Morgan fingerprint density at radius 3 is 2.50 bits per heavy atom. The molecule has 0 atom stereocenters. The highest BCUT2D eigenvalue weighted by molar-refractivity contribution is 9.10. The summed E-state index contributed by atoms with van der Waals surface area (Å²) in [6, 6.07) is 13.4. The third-order valence-electron chi connectivity index (χ3n) is 3.28. The minimum absolute atomic E-state index is 0.0427. The molecule has 26 heavy (non-hydrogen) atoms. The number of nitriles is 1. The number of carbonyl (C=O) groups excluding carboxylic acids is 1. The fourth-order valence-corrected chi connectivity index (χ4v) is 2.26. The number of nitrogens with one attached hydrogen (secondary N) is 2. The fourth-order valence-electron chi connectivity index (χ4n) is 1.99. The van der Waals surface area contributed by atoms with Crippen LogP contribution in [0.3, 0.4) is 0 Å². The monoisotopic (exact) mass is 423 g/mol. The van der Waals surface area contributed by atoms with Gasteiger partial charge >= 0.3 is 6.18 Å². The van der Waals surface area contributed by atoms with Crippen LogP contribution < -0.4 is 10.6 Å². The van der Waals surface area contributed by atoms with Crippen LogP contribution in [0.2, 0.25) is 0 Å². The lowest BCUT2D eigenvalue weighted by Crippen LogP contribution is -2.17. The first-order valence-corrected chi connectivity index (χ1v) is 8.15. The highest BCUT2D eigenvalue weighted by atomic mass is 79.9. The quantitative estimate of drug-likeness (QED) is 0.545. The third kappa shape index (κ3) is 5.63. The van der Waals surface area contributed by atoms with Crippen LogP contribution >= 0.6 is 15.9 Å². The van der Waals surface area contributed by atoms with E-state index in [1.165, 1.54) is 18.3 Å². The Hall–Kier alpha value is -2.79. The third-order valence-corrected chi connectivity index (χ3v) is 3.81. The molecule has 2 aromatic rings. The van der Waals surface area contributed by atoms with Crippen molar-refractivity contribution in [2.24, 2.45) is 0 Å². The van der Waals surface area contributed by atoms with Gasteiger partial charge < -0.3 is 10.6 Å². The van der Waals surface area contributed by atoms with Gasteiger partial charge in [-0.3, -0.25) is 4.79 Å². The zero-order valence-corrected chi connectivity index (χ0v) is 14.9. The van der Waals surface area contributed by atoms with Gasteiger partial charge in [0.1, 0.15) is 11.6 Å². The van der Waals surface area contributed by atoms with Gasteiger partial charge in [-0.1, -0.05) is 34.1 Å². The highest BCUT2D eigenvalue weighted by Crippen LogP contribution is 2.30. The molecule has 2 aromatic carbocycles. The average molecular weight is 424 g/mol. The Bertz CT molecular complexity index is 855. The molecular formula is C18H13BrF3N3O. The molecule has 0 fully saturated rings. The maximum Gasteiger partial charge on any atom is 0.416 e. The molecule has 0 bridgehead atoms. The molecule has 2 N–H and O–H groups in total. The van der Waals surface area contributed by atoms with Gasteiger partial charge in [0.05, 0.1) is 5.56 Å². The topological polar surface area (TPSA) is 64.9 Å². The molecule has 2 rings (SSSR count). The molecule has 0 aliphatic heterocycles. The van der Waals surface area contributed by atoms with E-state index in [0.29, 0.717) is 6.54 Å². The van der Waals surface area contributed by atoms with Crippen LogP contribution in [0.15, 0.2) is 64.8 Å². The predicted octanol–water partition coefficient (Wildman–Crippen LogP) is 4.60. The normalized spacial score (nSPS) is 11.6. The molecule has 0 heterocycles. The van der Waals surface area contributed by atoms with Crippen molar-refractivity contribution in [3.63, 3.8) is 0 Å². The summed E-state index contributed by atoms with van der Waals surface area (Å²) in [7, 11) is 0. The van der Waals surface area contributed by atoms with E-state index in [1.54, 1.807) is 6.07 Å². The molecule has 0 aliphatic carbocycles. The summed E-state index contributed by atoms with van der Waals surface area (Å²) >= 11 is 3.32. The van der Waals surface area contributed by atoms with Gasteiger partial charge in [0, 0.05) is 22.9 Å². The first kappa shape index (κ1) is 19.5. The van der Waals surface area contributed by atoms with E-state index in [9.17, 15) is 18.0 Å². The van der Waals surface area contributed by atoms with Gasteiger partial charge in [-0.25, -0.2) is 0 Å². The number of rotatable bonds is 5. The Morgan fingerprint density at radius 1 is 1.19 bits per heavy atom. The van der Waals surface area contributed by atoms with Gasteiger partial charge in [0.15, 0.2) is 0 Å². The standard InChI is InChI=1S/C18H13BrF3N3O/c19-15-6-4-12(5-7-15)10-24-11-13(9-23)17(26)25-16-3-1-2-14(8-16)18(20,21)22/h1-8,11,24H,10H2,(H,25,26)/b13-11-. The van der Waals surface area contributed by atoms with Gasteiger partial charge in [-0.05, 0) is 35.9 Å². The van der Waals surface area contributed by atoms with E-state index in [4.69, 9.17) is 5.26 Å². The Morgan fingerprint density at radius 2 is 1.88 bits per heavy atom. The number of halogens is 4. The summed E-state index contributed by atoms with van der Waals surface area (Å²) < 4.78 is 39.0. The molecule has 0 saturated carbocycles. The fraction of sp³-hybridized carbons (Fsp3) is 0.111. The van der Waals surface area contributed by atoms with Gasteiger partial charge in [0.2, 0.25) is 0 Å². The van der Waals surface area contributed by atoms with Crippen LogP contribution in [0.25, 0.3) is 0 Å². The van der Waals surface area contributed by atoms with Crippen molar-refractivity contribution in [3.8, 4) is 6.07 Å². The van der Waals surface area contributed by atoms with Crippen LogP contribution in [0.1, 0.15) is 11.1 Å². The zero-order chi connectivity index (χ0) is 19.2. The molecule has 0 spiro atoms. The summed E-state index contributed by atoms with van der Waals surface area (Å²) in [6.07, 6.45) is -3.29. The first-order chi connectivity index (χ1) is 12.3. The second kappa shape index (κ2) is 8.54. The number of alkyl halides is 3. The summed E-state index contributed by atoms with van der Waals surface area (Å²) in [5.74, 6) is -0.796.